The summed E-state index contributed by atoms with van der Waals surface area (Å²) in [6.45, 7) is 10.2. The van der Waals surface area contributed by atoms with E-state index in [1.165, 1.54) is 16.9 Å². The highest BCUT2D eigenvalue weighted by atomic mass is 32.1. The van der Waals surface area contributed by atoms with Gasteiger partial charge in [-0.05, 0) is 49.8 Å². The number of hydrogen-bond acceptors (Lipinski definition) is 3. The average molecular weight is 340 g/mol. The molecular weight excluding hydrogens is 316 g/mol. The van der Waals surface area contributed by atoms with Crippen molar-refractivity contribution in [2.45, 2.75) is 47.0 Å². The minimum atomic E-state index is -0.257. The Bertz CT molecular complexity index is 766. The highest BCUT2D eigenvalue weighted by Gasteiger charge is 2.19. The maximum Gasteiger partial charge on any atom is 0.232 e. The predicted molar refractivity (Wildman–Crippen MR) is 101 cm³/mol. The lowest BCUT2D eigenvalue weighted by molar-refractivity contribution is -0.117. The smallest absolute Gasteiger partial charge is 0.232 e. The summed E-state index contributed by atoms with van der Waals surface area (Å²) in [6.07, 6.45) is 1.04. The minimum absolute atomic E-state index is 0.0793. The minimum Gasteiger partial charge on any atom is -0.316 e. The monoisotopic (exact) mass is 340 g/mol. The largest absolute Gasteiger partial charge is 0.316 e. The van der Waals surface area contributed by atoms with Crippen LogP contribution in [0.5, 0.6) is 0 Å². The number of rotatable bonds is 5. The lowest BCUT2D eigenvalue weighted by atomic mass is 9.96. The van der Waals surface area contributed by atoms with Gasteiger partial charge in [0.05, 0.1) is 11.5 Å². The van der Waals surface area contributed by atoms with E-state index in [2.05, 4.69) is 37.4 Å². The zero-order chi connectivity index (χ0) is 17.9. The highest BCUT2D eigenvalue weighted by molar-refractivity contribution is 7.16. The molecule has 0 radical (unpaired) electrons. The fraction of sp³-hybridized carbons (Fsp3) is 0.400. The number of thiophene rings is 1. The first kappa shape index (κ1) is 18.2. The number of carbonyl (C=O) groups excluding carboxylic acids is 1. The molecule has 0 fully saturated rings. The third kappa shape index (κ3) is 4.04. The van der Waals surface area contributed by atoms with Crippen molar-refractivity contribution >= 4 is 22.2 Å². The first-order chi connectivity index (χ1) is 11.3. The van der Waals surface area contributed by atoms with Gasteiger partial charge < -0.3 is 5.32 Å². The summed E-state index contributed by atoms with van der Waals surface area (Å²) in [5, 5.41) is 12.9. The van der Waals surface area contributed by atoms with Gasteiger partial charge >= 0.3 is 0 Å². The van der Waals surface area contributed by atoms with Crippen molar-refractivity contribution in [1.29, 1.82) is 5.26 Å². The Balaban J connectivity index is 2.13. The van der Waals surface area contributed by atoms with Gasteiger partial charge in [-0.25, -0.2) is 0 Å². The molecule has 0 aliphatic carbocycles. The second-order valence-corrected chi connectivity index (χ2v) is 7.87. The Morgan fingerprint density at radius 3 is 2.38 bits per heavy atom. The van der Waals surface area contributed by atoms with Crippen LogP contribution < -0.4 is 5.32 Å². The summed E-state index contributed by atoms with van der Waals surface area (Å²) in [6, 6.07) is 10.4. The topological polar surface area (TPSA) is 52.9 Å². The maximum absolute atomic E-state index is 12.6. The van der Waals surface area contributed by atoms with Crippen LogP contribution in [-0.4, -0.2) is 5.91 Å². The molecule has 1 heterocycles. The van der Waals surface area contributed by atoms with Gasteiger partial charge in [0, 0.05) is 4.88 Å². The number of aryl methyl sites for hydroxylation is 1. The van der Waals surface area contributed by atoms with Gasteiger partial charge in [-0.3, -0.25) is 4.79 Å². The first-order valence-corrected chi connectivity index (χ1v) is 9.05. The summed E-state index contributed by atoms with van der Waals surface area (Å²) in [4.78, 5) is 13.6. The molecule has 2 rings (SSSR count). The molecule has 126 valence electrons. The van der Waals surface area contributed by atoms with E-state index in [0.717, 1.165) is 22.4 Å². The molecule has 0 saturated heterocycles. The predicted octanol–water partition coefficient (Wildman–Crippen LogP) is 5.18. The van der Waals surface area contributed by atoms with Crippen LogP contribution in [0.25, 0.3) is 0 Å². The van der Waals surface area contributed by atoms with Gasteiger partial charge in [0.15, 0.2) is 0 Å². The number of carbonyl (C=O) groups is 1. The Kier molecular flexibility index (Phi) is 5.80. The van der Waals surface area contributed by atoms with Crippen molar-refractivity contribution in [3.05, 3.63) is 51.4 Å². The van der Waals surface area contributed by atoms with E-state index in [-0.39, 0.29) is 11.8 Å². The van der Waals surface area contributed by atoms with E-state index in [1.807, 2.05) is 32.9 Å². The van der Waals surface area contributed by atoms with Crippen molar-refractivity contribution in [1.82, 2.24) is 0 Å². The SMILES string of the molecule is Cc1sc(NC(=O)C(C)c2ccc(CC(C)C)cc2)c(C#N)c1C. The summed E-state index contributed by atoms with van der Waals surface area (Å²) < 4.78 is 0. The fourth-order valence-electron chi connectivity index (χ4n) is 2.63. The van der Waals surface area contributed by atoms with Crippen LogP contribution in [0.2, 0.25) is 0 Å². The molecule has 4 heteroatoms. The molecular formula is C20H24N2OS. The summed E-state index contributed by atoms with van der Waals surface area (Å²) >= 11 is 1.46. The molecule has 0 aliphatic rings. The van der Waals surface area contributed by atoms with E-state index >= 15 is 0 Å². The van der Waals surface area contributed by atoms with Gasteiger partial charge in [-0.2, -0.15) is 5.26 Å². The van der Waals surface area contributed by atoms with Crippen molar-refractivity contribution in [3.63, 3.8) is 0 Å². The molecule has 0 bridgehead atoms. The van der Waals surface area contributed by atoms with Gasteiger partial charge in [0.25, 0.3) is 0 Å². The van der Waals surface area contributed by atoms with Crippen LogP contribution in [0.1, 0.15) is 53.8 Å². The van der Waals surface area contributed by atoms with Crippen molar-refractivity contribution in [2.24, 2.45) is 5.92 Å². The van der Waals surface area contributed by atoms with Crippen LogP contribution in [0.3, 0.4) is 0 Å². The molecule has 1 aromatic heterocycles. The molecule has 1 unspecified atom stereocenters. The quantitative estimate of drug-likeness (QED) is 0.815. The van der Waals surface area contributed by atoms with Crippen molar-refractivity contribution in [3.8, 4) is 6.07 Å². The van der Waals surface area contributed by atoms with Crippen LogP contribution in [0.15, 0.2) is 24.3 Å². The summed E-state index contributed by atoms with van der Waals surface area (Å²) in [5.41, 5.74) is 3.80. The summed E-state index contributed by atoms with van der Waals surface area (Å²) in [5.74, 6) is 0.281. The Morgan fingerprint density at radius 1 is 1.21 bits per heavy atom. The third-order valence-corrected chi connectivity index (χ3v) is 5.37. The molecule has 0 spiro atoms. The zero-order valence-corrected chi connectivity index (χ0v) is 15.8. The number of amides is 1. The van der Waals surface area contributed by atoms with Crippen LogP contribution in [-0.2, 0) is 11.2 Å². The molecule has 0 saturated carbocycles. The number of nitrogens with one attached hydrogen (secondary N) is 1. The molecule has 0 aliphatic heterocycles. The molecule has 1 amide bonds. The number of anilines is 1. The highest BCUT2D eigenvalue weighted by Crippen LogP contribution is 2.32. The third-order valence-electron chi connectivity index (χ3n) is 4.25. The van der Waals surface area contributed by atoms with E-state index in [9.17, 15) is 10.1 Å². The standard InChI is InChI=1S/C20H24N2OS/c1-12(2)10-16-6-8-17(9-7-16)14(4)19(23)22-20-18(11-21)13(3)15(5)24-20/h6-9,12,14H,10H2,1-5H3,(H,22,23). The average Bonchev–Trinajstić information content (AvgIpc) is 2.80. The zero-order valence-electron chi connectivity index (χ0n) is 14.9. The lowest BCUT2D eigenvalue weighted by Crippen LogP contribution is -2.18. The van der Waals surface area contributed by atoms with Gasteiger partial charge in [0.1, 0.15) is 11.1 Å². The Hall–Kier alpha value is -2.12. The molecule has 1 aromatic carbocycles. The molecule has 24 heavy (non-hydrogen) atoms. The first-order valence-electron chi connectivity index (χ1n) is 8.23. The number of nitriles is 1. The van der Waals surface area contributed by atoms with Crippen molar-refractivity contribution in [2.75, 3.05) is 5.32 Å². The second-order valence-electron chi connectivity index (χ2n) is 6.65. The Morgan fingerprint density at radius 2 is 1.83 bits per heavy atom. The van der Waals surface area contributed by atoms with Crippen molar-refractivity contribution < 1.29 is 4.79 Å². The van der Waals surface area contributed by atoms with Crippen LogP contribution >= 0.6 is 11.3 Å². The fourth-order valence-corrected chi connectivity index (χ4v) is 3.65. The van der Waals surface area contributed by atoms with Gasteiger partial charge in [-0.15, -0.1) is 11.3 Å². The van der Waals surface area contributed by atoms with Gasteiger partial charge in [-0.1, -0.05) is 38.1 Å². The summed E-state index contributed by atoms with van der Waals surface area (Å²) in [7, 11) is 0. The molecule has 1 N–H and O–H groups in total. The second kappa shape index (κ2) is 7.63. The molecule has 2 aromatic rings. The van der Waals surface area contributed by atoms with E-state index in [1.54, 1.807) is 0 Å². The van der Waals surface area contributed by atoms with Gasteiger partial charge in [0.2, 0.25) is 5.91 Å². The Labute approximate surface area is 148 Å². The lowest BCUT2D eigenvalue weighted by Gasteiger charge is -2.13. The molecule has 1 atom stereocenters. The van der Waals surface area contributed by atoms with E-state index in [4.69, 9.17) is 0 Å². The number of benzene rings is 1. The number of nitrogens with zero attached hydrogens (tertiary/aromatic N) is 1. The van der Waals surface area contributed by atoms with E-state index in [0.29, 0.717) is 16.5 Å². The maximum atomic E-state index is 12.6. The number of hydrogen-bond donors (Lipinski definition) is 1. The normalized spacial score (nSPS) is 12.0. The van der Waals surface area contributed by atoms with Crippen LogP contribution in [0, 0.1) is 31.1 Å². The van der Waals surface area contributed by atoms with Crippen LogP contribution in [0.4, 0.5) is 5.00 Å². The molecule has 3 nitrogen and oxygen atoms in total. The van der Waals surface area contributed by atoms with E-state index < -0.39 is 0 Å².